The molecule has 0 bridgehead atoms. The fourth-order valence-electron chi connectivity index (χ4n) is 2.35. The van der Waals surface area contributed by atoms with Crippen molar-refractivity contribution in [3.8, 4) is 11.8 Å². The number of nitrogens with zero attached hydrogens (tertiary/aromatic N) is 1. The molecule has 20 heavy (non-hydrogen) atoms. The van der Waals surface area contributed by atoms with E-state index in [-0.39, 0.29) is 24.2 Å². The molecular formula is C15H19N3O2. The highest BCUT2D eigenvalue weighted by Gasteiger charge is 2.25. The Balaban J connectivity index is 2.12. The molecule has 1 heterocycles. The number of aromatic nitrogens is 1. The summed E-state index contributed by atoms with van der Waals surface area (Å²) in [6.45, 7) is 0.233. The third-order valence-electron chi connectivity index (χ3n) is 3.39. The van der Waals surface area contributed by atoms with Crippen LogP contribution >= 0.6 is 0 Å². The summed E-state index contributed by atoms with van der Waals surface area (Å²) in [6.07, 6.45) is 4.63. The number of nitrogens with two attached hydrogens (primary N) is 1. The number of carbonyl (C=O) groups excluding carboxylic acids is 1. The van der Waals surface area contributed by atoms with Crippen LogP contribution in [0.1, 0.15) is 41.7 Å². The molecule has 1 aliphatic carbocycles. The van der Waals surface area contributed by atoms with E-state index in [4.69, 9.17) is 5.73 Å². The Bertz CT molecular complexity index is 533. The molecule has 5 heteroatoms. The molecule has 106 valence electrons. The normalized spacial score (nSPS) is 21.7. The maximum atomic E-state index is 12.3. The summed E-state index contributed by atoms with van der Waals surface area (Å²) in [5, 5.41) is 12.7. The van der Waals surface area contributed by atoms with Crippen LogP contribution in [0.4, 0.5) is 0 Å². The molecule has 1 amide bonds. The van der Waals surface area contributed by atoms with Gasteiger partial charge in [-0.15, -0.1) is 0 Å². The lowest BCUT2D eigenvalue weighted by Crippen LogP contribution is -2.45. The molecule has 0 aliphatic heterocycles. The Kier molecular flexibility index (Phi) is 5.10. The molecule has 0 saturated heterocycles. The van der Waals surface area contributed by atoms with Gasteiger partial charge >= 0.3 is 0 Å². The third kappa shape index (κ3) is 3.56. The maximum absolute atomic E-state index is 12.3. The molecule has 0 spiro atoms. The van der Waals surface area contributed by atoms with E-state index in [1.165, 1.54) is 0 Å². The van der Waals surface area contributed by atoms with E-state index in [2.05, 4.69) is 22.1 Å². The Morgan fingerprint density at radius 1 is 1.50 bits per heavy atom. The highest BCUT2D eigenvalue weighted by molar-refractivity contribution is 5.95. The number of hydrogen-bond acceptors (Lipinski definition) is 4. The van der Waals surface area contributed by atoms with Gasteiger partial charge in [-0.2, -0.15) is 0 Å². The molecule has 0 radical (unpaired) electrons. The van der Waals surface area contributed by atoms with Crippen molar-refractivity contribution < 1.29 is 9.90 Å². The summed E-state index contributed by atoms with van der Waals surface area (Å²) < 4.78 is 0. The Morgan fingerprint density at radius 3 is 3.05 bits per heavy atom. The van der Waals surface area contributed by atoms with Gasteiger partial charge in [0.25, 0.3) is 5.91 Å². The standard InChI is InChI=1S/C15H19N3O2/c16-9-3-5-11-6-4-10-17-14(11)15(20)18-12-7-1-2-8-13(12)19/h4,6,10,12-13,19H,1-2,7-9,16H2,(H,18,20). The van der Waals surface area contributed by atoms with E-state index in [0.29, 0.717) is 5.56 Å². The van der Waals surface area contributed by atoms with Crippen LogP contribution in [0, 0.1) is 11.8 Å². The molecule has 1 aliphatic rings. The quantitative estimate of drug-likeness (QED) is 0.682. The van der Waals surface area contributed by atoms with Crippen LogP contribution in [-0.2, 0) is 0 Å². The van der Waals surface area contributed by atoms with Crippen molar-refractivity contribution in [3.63, 3.8) is 0 Å². The van der Waals surface area contributed by atoms with Gasteiger partial charge in [0.2, 0.25) is 0 Å². The second-order valence-electron chi connectivity index (χ2n) is 4.84. The highest BCUT2D eigenvalue weighted by atomic mass is 16.3. The lowest BCUT2D eigenvalue weighted by Gasteiger charge is -2.28. The van der Waals surface area contributed by atoms with Crippen molar-refractivity contribution in [1.29, 1.82) is 0 Å². The summed E-state index contributed by atoms with van der Waals surface area (Å²) in [4.78, 5) is 16.3. The topological polar surface area (TPSA) is 88.2 Å². The van der Waals surface area contributed by atoms with Crippen LogP contribution in [0.5, 0.6) is 0 Å². The minimum absolute atomic E-state index is 0.200. The first-order valence-corrected chi connectivity index (χ1v) is 6.85. The van der Waals surface area contributed by atoms with Crippen molar-refractivity contribution in [2.45, 2.75) is 37.8 Å². The smallest absolute Gasteiger partial charge is 0.271 e. The molecule has 1 aromatic heterocycles. The molecule has 2 atom stereocenters. The highest BCUT2D eigenvalue weighted by Crippen LogP contribution is 2.18. The monoisotopic (exact) mass is 273 g/mol. The van der Waals surface area contributed by atoms with E-state index in [1.54, 1.807) is 18.3 Å². The van der Waals surface area contributed by atoms with Gasteiger partial charge in [0.05, 0.1) is 24.3 Å². The minimum Gasteiger partial charge on any atom is -0.391 e. The average molecular weight is 273 g/mol. The second kappa shape index (κ2) is 7.04. The zero-order chi connectivity index (χ0) is 14.4. The van der Waals surface area contributed by atoms with Gasteiger partial charge in [-0.25, -0.2) is 4.98 Å². The first-order valence-electron chi connectivity index (χ1n) is 6.85. The second-order valence-corrected chi connectivity index (χ2v) is 4.84. The Labute approximate surface area is 118 Å². The van der Waals surface area contributed by atoms with Crippen molar-refractivity contribution >= 4 is 5.91 Å². The van der Waals surface area contributed by atoms with E-state index < -0.39 is 6.10 Å². The molecule has 2 unspecified atom stereocenters. The Morgan fingerprint density at radius 2 is 2.30 bits per heavy atom. The van der Waals surface area contributed by atoms with Crippen LogP contribution in [0.2, 0.25) is 0 Å². The van der Waals surface area contributed by atoms with Crippen LogP contribution in [-0.4, -0.2) is 34.7 Å². The van der Waals surface area contributed by atoms with Crippen LogP contribution < -0.4 is 11.1 Å². The summed E-state index contributed by atoms with van der Waals surface area (Å²) in [7, 11) is 0. The molecule has 5 nitrogen and oxygen atoms in total. The molecule has 1 fully saturated rings. The summed E-state index contributed by atoms with van der Waals surface area (Å²) in [5.74, 6) is 5.27. The zero-order valence-electron chi connectivity index (χ0n) is 11.3. The van der Waals surface area contributed by atoms with Gasteiger partial charge in [-0.3, -0.25) is 4.79 Å². The molecular weight excluding hydrogens is 254 g/mol. The molecule has 2 rings (SSSR count). The predicted octanol–water partition coefficient (Wildman–Crippen LogP) is 0.425. The largest absolute Gasteiger partial charge is 0.391 e. The number of hydrogen-bond donors (Lipinski definition) is 3. The number of aliphatic hydroxyl groups excluding tert-OH is 1. The summed E-state index contributed by atoms with van der Waals surface area (Å²) >= 11 is 0. The van der Waals surface area contributed by atoms with Gasteiger partial charge in [0, 0.05) is 6.20 Å². The number of rotatable bonds is 2. The summed E-state index contributed by atoms with van der Waals surface area (Å²) in [6, 6.07) is 3.27. The van der Waals surface area contributed by atoms with Crippen molar-refractivity contribution in [2.75, 3.05) is 6.54 Å². The van der Waals surface area contributed by atoms with Gasteiger partial charge in [-0.05, 0) is 25.0 Å². The van der Waals surface area contributed by atoms with Crippen LogP contribution in [0.25, 0.3) is 0 Å². The van der Waals surface area contributed by atoms with Gasteiger partial charge in [0.15, 0.2) is 0 Å². The molecule has 1 aromatic rings. The molecule has 4 N–H and O–H groups in total. The average Bonchev–Trinajstić information content (AvgIpc) is 2.47. The SMILES string of the molecule is NCC#Cc1cccnc1C(=O)NC1CCCCC1O. The lowest BCUT2D eigenvalue weighted by molar-refractivity contribution is 0.0713. The van der Waals surface area contributed by atoms with Crippen molar-refractivity contribution in [2.24, 2.45) is 5.73 Å². The van der Waals surface area contributed by atoms with E-state index in [9.17, 15) is 9.90 Å². The van der Waals surface area contributed by atoms with Crippen LogP contribution in [0.3, 0.4) is 0 Å². The zero-order valence-corrected chi connectivity index (χ0v) is 11.3. The fraction of sp³-hybridized carbons (Fsp3) is 0.467. The molecule has 0 aromatic carbocycles. The fourth-order valence-corrected chi connectivity index (χ4v) is 2.35. The number of pyridine rings is 1. The number of aliphatic hydroxyl groups is 1. The number of nitrogens with one attached hydrogen (secondary N) is 1. The number of amides is 1. The molecule has 1 saturated carbocycles. The first-order chi connectivity index (χ1) is 9.72. The lowest BCUT2D eigenvalue weighted by atomic mass is 9.92. The van der Waals surface area contributed by atoms with E-state index >= 15 is 0 Å². The first kappa shape index (κ1) is 14.5. The minimum atomic E-state index is -0.477. The maximum Gasteiger partial charge on any atom is 0.271 e. The third-order valence-corrected chi connectivity index (χ3v) is 3.39. The van der Waals surface area contributed by atoms with Crippen molar-refractivity contribution in [3.05, 3.63) is 29.6 Å². The predicted molar refractivity (Wildman–Crippen MR) is 75.9 cm³/mol. The summed E-state index contributed by atoms with van der Waals surface area (Å²) in [5.41, 5.74) is 6.18. The van der Waals surface area contributed by atoms with Gasteiger partial charge in [-0.1, -0.05) is 24.7 Å². The van der Waals surface area contributed by atoms with Gasteiger partial charge < -0.3 is 16.2 Å². The van der Waals surface area contributed by atoms with E-state index in [0.717, 1.165) is 25.7 Å². The van der Waals surface area contributed by atoms with Gasteiger partial charge in [0.1, 0.15) is 5.69 Å². The number of carbonyl (C=O) groups is 1. The van der Waals surface area contributed by atoms with Crippen molar-refractivity contribution in [1.82, 2.24) is 10.3 Å². The van der Waals surface area contributed by atoms with E-state index in [1.807, 2.05) is 0 Å². The van der Waals surface area contributed by atoms with Crippen LogP contribution in [0.15, 0.2) is 18.3 Å². The Hall–Kier alpha value is -1.90.